The highest BCUT2D eigenvalue weighted by atomic mass is 32.1. The fourth-order valence-corrected chi connectivity index (χ4v) is 5.82. The molecule has 0 radical (unpaired) electrons. The molecule has 0 atom stereocenters. The zero-order chi connectivity index (χ0) is 39.9. The van der Waals surface area contributed by atoms with E-state index in [1.54, 1.807) is 45.5 Å². The van der Waals surface area contributed by atoms with Crippen LogP contribution in [0, 0.1) is 0 Å². The molecule has 0 aliphatic rings. The molecule has 5 aromatic rings. The number of aromatic nitrogens is 5. The zero-order valence-corrected chi connectivity index (χ0v) is 39.5. The summed E-state index contributed by atoms with van der Waals surface area (Å²) in [5.41, 5.74) is 6.15. The van der Waals surface area contributed by atoms with Crippen molar-refractivity contribution in [3.05, 3.63) is 84.0 Å². The summed E-state index contributed by atoms with van der Waals surface area (Å²) >= 11 is 8.20. The third kappa shape index (κ3) is 33.3. The van der Waals surface area contributed by atoms with Gasteiger partial charge in [0.15, 0.2) is 0 Å². The molecule has 0 aromatic carbocycles. The molecular weight excluding hydrogens is 711 g/mol. The lowest BCUT2D eigenvalue weighted by Gasteiger charge is -1.94. The molecule has 0 fully saturated rings. The Morgan fingerprint density at radius 3 is 1.28 bits per heavy atom. The fourth-order valence-electron chi connectivity index (χ4n) is 2.58. The topological polar surface area (TPSA) is 64.5 Å². The molecule has 0 N–H and O–H groups in total. The van der Waals surface area contributed by atoms with Crippen LogP contribution in [0.5, 0.6) is 0 Å². The van der Waals surface area contributed by atoms with Crippen LogP contribution in [0.4, 0.5) is 0 Å². The Hall–Kier alpha value is -1.85. The molecular formula is C40H75N5S5. The van der Waals surface area contributed by atoms with Gasteiger partial charge in [0.1, 0.15) is 0 Å². The van der Waals surface area contributed by atoms with Crippen molar-refractivity contribution in [3.63, 3.8) is 0 Å². The van der Waals surface area contributed by atoms with Crippen molar-refractivity contribution in [2.24, 2.45) is 0 Å². The molecule has 50 heavy (non-hydrogen) atoms. The highest BCUT2D eigenvalue weighted by Crippen LogP contribution is 2.18. The summed E-state index contributed by atoms with van der Waals surface area (Å²) in [6.07, 6.45) is 5.62. The van der Waals surface area contributed by atoms with E-state index in [0.29, 0.717) is 29.6 Å². The van der Waals surface area contributed by atoms with E-state index in [4.69, 9.17) is 0 Å². The predicted octanol–water partition coefficient (Wildman–Crippen LogP) is 16.5. The first kappa shape index (κ1) is 57.5. The SMILES string of the molecule is CC.CC.CC.CC.CC.CC(C)c1ccns1.CC(C)c1ccsn1.CC(C)c1cncs1.CC(C)c1cscn1.CC(C)c1nccs1. The van der Waals surface area contributed by atoms with Gasteiger partial charge in [-0.15, -0.1) is 34.0 Å². The van der Waals surface area contributed by atoms with Gasteiger partial charge >= 0.3 is 0 Å². The van der Waals surface area contributed by atoms with Gasteiger partial charge in [0.2, 0.25) is 0 Å². The van der Waals surface area contributed by atoms with Crippen molar-refractivity contribution in [1.82, 2.24) is 23.7 Å². The first-order valence-corrected chi connectivity index (χ1v) is 22.8. The maximum atomic E-state index is 4.16. The molecule has 5 heterocycles. The second kappa shape index (κ2) is 43.3. The average Bonchev–Trinajstić information content (AvgIpc) is 4.00. The van der Waals surface area contributed by atoms with Gasteiger partial charge in [-0.1, -0.05) is 138 Å². The quantitative estimate of drug-likeness (QED) is 0.178. The molecule has 10 heteroatoms. The number of hydrogen-bond acceptors (Lipinski definition) is 10. The van der Waals surface area contributed by atoms with E-state index in [1.807, 2.05) is 110 Å². The van der Waals surface area contributed by atoms with E-state index in [2.05, 4.69) is 110 Å². The lowest BCUT2D eigenvalue weighted by molar-refractivity contribution is 0.833. The fraction of sp³-hybridized carbons (Fsp3) is 0.625. The van der Waals surface area contributed by atoms with Gasteiger partial charge in [-0.25, -0.2) is 14.3 Å². The first-order valence-electron chi connectivity index (χ1n) is 18.5. The van der Waals surface area contributed by atoms with Crippen LogP contribution >= 0.6 is 57.1 Å². The second-order valence-corrected chi connectivity index (χ2v) is 14.4. The molecule has 0 aliphatic carbocycles. The van der Waals surface area contributed by atoms with E-state index < -0.39 is 0 Å². The summed E-state index contributed by atoms with van der Waals surface area (Å²) in [4.78, 5) is 15.0. The third-order valence-corrected chi connectivity index (χ3v) is 9.46. The maximum Gasteiger partial charge on any atom is 0.0950 e. The molecule has 290 valence electrons. The van der Waals surface area contributed by atoms with Crippen molar-refractivity contribution in [2.75, 3.05) is 0 Å². The average molecular weight is 786 g/mol. The number of thiazole rings is 3. The number of hydrogen-bond donors (Lipinski definition) is 0. The van der Waals surface area contributed by atoms with Crippen molar-refractivity contribution >= 4 is 57.1 Å². The highest BCUT2D eigenvalue weighted by Gasteiger charge is 2.00. The van der Waals surface area contributed by atoms with E-state index in [0.717, 1.165) is 0 Å². The van der Waals surface area contributed by atoms with E-state index in [9.17, 15) is 0 Å². The van der Waals surface area contributed by atoms with Crippen LogP contribution in [0.25, 0.3) is 0 Å². The minimum atomic E-state index is 0.584. The molecule has 0 bridgehead atoms. The number of nitrogens with zero attached hydrogens (tertiary/aromatic N) is 5. The Kier molecular flexibility index (Phi) is 49.8. The predicted molar refractivity (Wildman–Crippen MR) is 238 cm³/mol. The summed E-state index contributed by atoms with van der Waals surface area (Å²) in [6, 6.07) is 4.13. The molecule has 0 amide bonds. The van der Waals surface area contributed by atoms with Gasteiger partial charge in [0.25, 0.3) is 0 Å². The molecule has 0 saturated heterocycles. The van der Waals surface area contributed by atoms with Crippen molar-refractivity contribution in [3.8, 4) is 0 Å². The van der Waals surface area contributed by atoms with Crippen LogP contribution in [-0.4, -0.2) is 23.7 Å². The molecule has 5 nitrogen and oxygen atoms in total. The highest BCUT2D eigenvalue weighted by molar-refractivity contribution is 7.10. The van der Waals surface area contributed by atoms with Gasteiger partial charge in [-0.2, -0.15) is 4.37 Å². The first-order chi connectivity index (χ1) is 24.0. The largest absolute Gasteiger partial charge is 0.253 e. The van der Waals surface area contributed by atoms with Gasteiger partial charge in [0, 0.05) is 50.4 Å². The summed E-state index contributed by atoms with van der Waals surface area (Å²) in [5, 5.41) is 7.33. The minimum Gasteiger partial charge on any atom is -0.253 e. The van der Waals surface area contributed by atoms with Crippen LogP contribution in [0.3, 0.4) is 0 Å². The van der Waals surface area contributed by atoms with E-state index in [1.165, 1.54) is 37.7 Å². The second-order valence-electron chi connectivity index (χ2n) is 10.3. The Balaban J connectivity index is -0.000000158. The van der Waals surface area contributed by atoms with E-state index >= 15 is 0 Å². The van der Waals surface area contributed by atoms with Crippen LogP contribution < -0.4 is 0 Å². The molecule has 0 saturated carbocycles. The Bertz CT molecular complexity index is 944. The number of rotatable bonds is 5. The Morgan fingerprint density at radius 2 is 1.08 bits per heavy atom. The molecule has 5 aromatic heterocycles. The molecule has 0 spiro atoms. The van der Waals surface area contributed by atoms with Gasteiger partial charge in [0.05, 0.1) is 27.4 Å². The Labute approximate surface area is 330 Å². The van der Waals surface area contributed by atoms with Crippen molar-refractivity contribution in [1.29, 1.82) is 0 Å². The van der Waals surface area contributed by atoms with Gasteiger partial charge in [-0.05, 0) is 58.9 Å². The summed E-state index contributed by atoms with van der Waals surface area (Å²) in [6.45, 7) is 41.6. The molecule has 0 unspecified atom stereocenters. The standard InChI is InChI=1S/5C6H9NS.5C2H6/c1-5(2)6-3-8-4-7-6;1-5(2)6-3-7-4-8-6;1-5(2)6-7-3-4-8-6;1-5(2)6-3-4-8-7-6;1-5(2)6-3-4-7-8-6;5*1-2/h5*3-5H,1-2H3;5*1-2H3. The summed E-state index contributed by atoms with van der Waals surface area (Å²) in [7, 11) is 0. The third-order valence-electron chi connectivity index (χ3n) is 5.08. The van der Waals surface area contributed by atoms with Crippen LogP contribution in [-0.2, 0) is 0 Å². The van der Waals surface area contributed by atoms with Crippen molar-refractivity contribution in [2.45, 2.75) is 168 Å². The van der Waals surface area contributed by atoms with Gasteiger partial charge in [-0.3, -0.25) is 4.98 Å². The minimum absolute atomic E-state index is 0.584. The van der Waals surface area contributed by atoms with E-state index in [-0.39, 0.29) is 0 Å². The van der Waals surface area contributed by atoms with Gasteiger partial charge < -0.3 is 0 Å². The van der Waals surface area contributed by atoms with Crippen molar-refractivity contribution < 1.29 is 0 Å². The molecule has 0 aliphatic heterocycles. The lowest BCUT2D eigenvalue weighted by Crippen LogP contribution is -1.83. The Morgan fingerprint density at radius 1 is 0.520 bits per heavy atom. The summed E-state index contributed by atoms with van der Waals surface area (Å²) in [5.74, 6) is 3.04. The lowest BCUT2D eigenvalue weighted by atomic mass is 10.1. The normalized spacial score (nSPS) is 8.90. The zero-order valence-electron chi connectivity index (χ0n) is 35.4. The monoisotopic (exact) mass is 785 g/mol. The molecule has 5 rings (SSSR count). The van der Waals surface area contributed by atoms with Crippen LogP contribution in [0.15, 0.2) is 57.9 Å². The van der Waals surface area contributed by atoms with Crippen LogP contribution in [0.2, 0.25) is 0 Å². The summed E-state index contributed by atoms with van der Waals surface area (Å²) < 4.78 is 8.14. The smallest absolute Gasteiger partial charge is 0.0950 e. The van der Waals surface area contributed by atoms with Crippen LogP contribution in [0.1, 0.15) is 194 Å². The maximum absolute atomic E-state index is 4.16.